The molecule has 0 N–H and O–H groups in total. The number of halogens is 2. The summed E-state index contributed by atoms with van der Waals surface area (Å²) in [6.07, 6.45) is 5.56. The maximum Gasteiger partial charge on any atom is 0.255 e. The molecule has 3 heterocycles. The molecule has 0 saturated carbocycles. The Hall–Kier alpha value is -2.67. The summed E-state index contributed by atoms with van der Waals surface area (Å²) in [7, 11) is 0. The summed E-state index contributed by atoms with van der Waals surface area (Å²) in [6, 6.07) is 7.46. The van der Waals surface area contributed by atoms with Crippen molar-refractivity contribution in [2.75, 3.05) is 44.2 Å². The summed E-state index contributed by atoms with van der Waals surface area (Å²) < 4.78 is 13.5. The van der Waals surface area contributed by atoms with Gasteiger partial charge in [-0.25, -0.2) is 9.37 Å². The van der Waals surface area contributed by atoms with Crippen LogP contribution in [0.25, 0.3) is 0 Å². The van der Waals surface area contributed by atoms with Crippen molar-refractivity contribution in [1.82, 2.24) is 14.8 Å². The fourth-order valence-corrected chi connectivity index (χ4v) is 4.48. The minimum Gasteiger partial charge on any atom is -0.354 e. The molecule has 2 fully saturated rings. The molecule has 0 unspecified atom stereocenters. The van der Waals surface area contributed by atoms with Crippen LogP contribution >= 0.6 is 11.6 Å². The third-order valence-corrected chi connectivity index (χ3v) is 6.14. The zero-order chi connectivity index (χ0) is 21.8. The van der Waals surface area contributed by atoms with Crippen molar-refractivity contribution in [3.63, 3.8) is 0 Å². The third kappa shape index (κ3) is 4.98. The van der Waals surface area contributed by atoms with Gasteiger partial charge in [0, 0.05) is 51.0 Å². The lowest BCUT2D eigenvalue weighted by Crippen LogP contribution is -2.36. The number of rotatable bonds is 3. The highest BCUT2D eigenvalue weighted by Gasteiger charge is 2.24. The molecule has 8 heteroatoms. The van der Waals surface area contributed by atoms with E-state index in [-0.39, 0.29) is 11.8 Å². The van der Waals surface area contributed by atoms with Gasteiger partial charge in [-0.1, -0.05) is 17.7 Å². The van der Waals surface area contributed by atoms with Crippen molar-refractivity contribution in [2.24, 2.45) is 0 Å². The van der Waals surface area contributed by atoms with Gasteiger partial charge < -0.3 is 14.7 Å². The molecule has 1 aromatic carbocycles. The number of likely N-dealkylation sites (tertiary alicyclic amines) is 1. The molecule has 2 saturated heterocycles. The summed E-state index contributed by atoms with van der Waals surface area (Å²) in [4.78, 5) is 35.6. The summed E-state index contributed by atoms with van der Waals surface area (Å²) in [5.41, 5.74) is 0.860. The van der Waals surface area contributed by atoms with Crippen LogP contribution in [0.5, 0.6) is 0 Å². The predicted molar refractivity (Wildman–Crippen MR) is 118 cm³/mol. The summed E-state index contributed by atoms with van der Waals surface area (Å²) in [5, 5.41) is 0.438. The van der Waals surface area contributed by atoms with Crippen LogP contribution in [0.3, 0.4) is 0 Å². The van der Waals surface area contributed by atoms with Crippen LogP contribution in [-0.2, 0) is 0 Å². The van der Waals surface area contributed by atoms with Gasteiger partial charge in [-0.15, -0.1) is 0 Å². The number of carbonyl (C=O) groups excluding carboxylic acids is 2. The van der Waals surface area contributed by atoms with E-state index in [0.29, 0.717) is 48.1 Å². The second kappa shape index (κ2) is 9.64. The molecular weight excluding hydrogens is 419 g/mol. The number of carbonyl (C=O) groups is 2. The molecule has 2 aromatic rings. The van der Waals surface area contributed by atoms with Crippen molar-refractivity contribution in [1.29, 1.82) is 0 Å². The van der Waals surface area contributed by atoms with E-state index < -0.39 is 5.82 Å². The minimum atomic E-state index is -0.419. The standard InChI is InChI=1S/C23H26ClFN4O2/c24-20-15-18(23(31)28-8-2-1-3-9-28)16-26-21(20)27-10-5-11-29(13-12-27)22(30)17-6-4-7-19(25)14-17/h4,6-7,14-16H,1-3,5,8-13H2. The van der Waals surface area contributed by atoms with E-state index in [1.807, 2.05) is 9.80 Å². The van der Waals surface area contributed by atoms with E-state index in [2.05, 4.69) is 4.98 Å². The van der Waals surface area contributed by atoms with Crippen molar-refractivity contribution in [3.8, 4) is 0 Å². The molecular formula is C23H26ClFN4O2. The molecule has 0 aliphatic carbocycles. The summed E-state index contributed by atoms with van der Waals surface area (Å²) in [6.45, 7) is 3.88. The first-order valence-corrected chi connectivity index (χ1v) is 11.2. The molecule has 164 valence electrons. The molecule has 2 amide bonds. The monoisotopic (exact) mass is 444 g/mol. The first-order valence-electron chi connectivity index (χ1n) is 10.8. The maximum absolute atomic E-state index is 13.5. The van der Waals surface area contributed by atoms with Crippen LogP contribution in [0.15, 0.2) is 36.5 Å². The fourth-order valence-electron chi connectivity index (χ4n) is 4.20. The van der Waals surface area contributed by atoms with Gasteiger partial charge in [0.15, 0.2) is 0 Å². The molecule has 4 rings (SSSR count). The Labute approximate surface area is 186 Å². The number of hydrogen-bond acceptors (Lipinski definition) is 4. The fraction of sp³-hybridized carbons (Fsp3) is 0.435. The lowest BCUT2D eigenvalue weighted by molar-refractivity contribution is 0.0722. The average Bonchev–Trinajstić information content (AvgIpc) is 3.05. The van der Waals surface area contributed by atoms with Crippen LogP contribution in [0.1, 0.15) is 46.4 Å². The first-order chi connectivity index (χ1) is 15.0. The van der Waals surface area contributed by atoms with Gasteiger partial charge in [0.1, 0.15) is 11.6 Å². The lowest BCUT2D eigenvalue weighted by atomic mass is 10.1. The Morgan fingerprint density at radius 1 is 0.839 bits per heavy atom. The summed E-state index contributed by atoms with van der Waals surface area (Å²) >= 11 is 6.51. The third-order valence-electron chi connectivity index (χ3n) is 5.87. The molecule has 0 radical (unpaired) electrons. The number of benzene rings is 1. The minimum absolute atomic E-state index is 0.0246. The number of hydrogen-bond donors (Lipinski definition) is 0. The van der Waals surface area contributed by atoms with E-state index in [4.69, 9.17) is 11.6 Å². The summed E-state index contributed by atoms with van der Waals surface area (Å²) in [5.74, 6) is 0.000602. The van der Waals surface area contributed by atoms with Crippen molar-refractivity contribution in [3.05, 3.63) is 58.5 Å². The molecule has 2 aliphatic heterocycles. The van der Waals surface area contributed by atoms with Crippen LogP contribution in [0.2, 0.25) is 5.02 Å². The van der Waals surface area contributed by atoms with E-state index in [1.54, 1.807) is 29.3 Å². The zero-order valence-electron chi connectivity index (χ0n) is 17.4. The molecule has 0 bridgehead atoms. The number of piperidine rings is 1. The molecule has 1 aromatic heterocycles. The van der Waals surface area contributed by atoms with Crippen molar-refractivity contribution in [2.45, 2.75) is 25.7 Å². The van der Waals surface area contributed by atoms with Crippen LogP contribution in [0, 0.1) is 5.82 Å². The second-order valence-corrected chi connectivity index (χ2v) is 8.43. The van der Waals surface area contributed by atoms with Gasteiger partial charge >= 0.3 is 0 Å². The van der Waals surface area contributed by atoms with Crippen molar-refractivity contribution < 1.29 is 14.0 Å². The van der Waals surface area contributed by atoms with Crippen LogP contribution < -0.4 is 4.90 Å². The number of aromatic nitrogens is 1. The Morgan fingerprint density at radius 2 is 1.55 bits per heavy atom. The highest BCUT2D eigenvalue weighted by Crippen LogP contribution is 2.26. The van der Waals surface area contributed by atoms with Gasteiger partial charge in [0.05, 0.1) is 10.6 Å². The lowest BCUT2D eigenvalue weighted by Gasteiger charge is -2.27. The van der Waals surface area contributed by atoms with Gasteiger partial charge in [-0.2, -0.15) is 0 Å². The number of nitrogens with zero attached hydrogens (tertiary/aromatic N) is 4. The Morgan fingerprint density at radius 3 is 2.29 bits per heavy atom. The smallest absolute Gasteiger partial charge is 0.255 e. The Bertz CT molecular complexity index is 964. The first kappa shape index (κ1) is 21.6. The SMILES string of the molecule is O=C(c1cnc(N2CCCN(C(=O)c3cccc(F)c3)CC2)c(Cl)c1)N1CCCCC1. The second-order valence-electron chi connectivity index (χ2n) is 8.03. The molecule has 6 nitrogen and oxygen atoms in total. The van der Waals surface area contributed by atoms with E-state index >= 15 is 0 Å². The molecule has 31 heavy (non-hydrogen) atoms. The quantitative estimate of drug-likeness (QED) is 0.721. The van der Waals surface area contributed by atoms with Crippen molar-refractivity contribution >= 4 is 29.2 Å². The number of pyridine rings is 1. The topological polar surface area (TPSA) is 56.8 Å². The highest BCUT2D eigenvalue weighted by molar-refractivity contribution is 6.33. The van der Waals surface area contributed by atoms with Crippen LogP contribution in [0.4, 0.5) is 10.2 Å². The Kier molecular flexibility index (Phi) is 6.70. The van der Waals surface area contributed by atoms with Gasteiger partial charge in [0.2, 0.25) is 0 Å². The largest absolute Gasteiger partial charge is 0.354 e. The Balaban J connectivity index is 1.43. The number of amides is 2. The average molecular weight is 445 g/mol. The zero-order valence-corrected chi connectivity index (χ0v) is 18.2. The molecule has 0 spiro atoms. The molecule has 2 aliphatic rings. The van der Waals surface area contributed by atoms with E-state index in [0.717, 1.165) is 38.8 Å². The van der Waals surface area contributed by atoms with Gasteiger partial charge in [-0.05, 0) is 49.9 Å². The van der Waals surface area contributed by atoms with Gasteiger partial charge in [-0.3, -0.25) is 9.59 Å². The normalized spacial score (nSPS) is 17.4. The highest BCUT2D eigenvalue weighted by atomic mass is 35.5. The van der Waals surface area contributed by atoms with E-state index in [9.17, 15) is 14.0 Å². The maximum atomic E-state index is 13.5. The van der Waals surface area contributed by atoms with Gasteiger partial charge in [0.25, 0.3) is 11.8 Å². The number of anilines is 1. The van der Waals surface area contributed by atoms with Crippen LogP contribution in [-0.4, -0.2) is 65.9 Å². The molecule has 0 atom stereocenters. The van der Waals surface area contributed by atoms with E-state index in [1.165, 1.54) is 12.1 Å². The predicted octanol–water partition coefficient (Wildman–Crippen LogP) is 3.85.